The second-order valence-electron chi connectivity index (χ2n) is 2.32. The Kier molecular flexibility index (Phi) is 7.32. The van der Waals surface area contributed by atoms with Gasteiger partial charge in [0.1, 0.15) is 9.76 Å². The molecule has 1 nitrogen and oxygen atoms in total. The number of hydrogen-bond acceptors (Lipinski definition) is 1. The maximum absolute atomic E-state index is 5.56. The van der Waals surface area contributed by atoms with Gasteiger partial charge in [0.2, 0.25) is 0 Å². The Morgan fingerprint density at radius 1 is 1.56 bits per heavy atom. The van der Waals surface area contributed by atoms with Gasteiger partial charge in [0, 0.05) is 5.88 Å². The van der Waals surface area contributed by atoms with Crippen LogP contribution in [0.3, 0.4) is 0 Å². The van der Waals surface area contributed by atoms with Gasteiger partial charge in [0.05, 0.1) is 0 Å². The van der Waals surface area contributed by atoms with Gasteiger partial charge < -0.3 is 4.12 Å². The second-order valence-corrected chi connectivity index (χ2v) is 7.24. The van der Waals surface area contributed by atoms with Gasteiger partial charge in [-0.05, 0) is 25.6 Å². The highest BCUT2D eigenvalue weighted by molar-refractivity contribution is 6.56. The van der Waals surface area contributed by atoms with Crippen LogP contribution in [0, 0.1) is 0 Å². The van der Waals surface area contributed by atoms with Gasteiger partial charge in [-0.1, -0.05) is 0 Å². The van der Waals surface area contributed by atoms with E-state index in [1.807, 2.05) is 0 Å². The van der Waals surface area contributed by atoms with E-state index in [4.69, 9.17) is 15.7 Å². The van der Waals surface area contributed by atoms with Gasteiger partial charge >= 0.3 is 0 Å². The minimum atomic E-state index is -0.695. The number of rotatable bonds is 5. The summed E-state index contributed by atoms with van der Waals surface area (Å²) >= 11 is 5.49. The molecule has 0 amide bonds. The maximum atomic E-state index is 5.56. The fourth-order valence-corrected chi connectivity index (χ4v) is 4.03. The first-order valence-electron chi connectivity index (χ1n) is 3.45. The van der Waals surface area contributed by atoms with Crippen LogP contribution in [-0.4, -0.2) is 24.7 Å². The highest BCUT2D eigenvalue weighted by Gasteiger charge is 1.93. The number of hydrogen-bond donors (Lipinski definition) is 0. The molecular formula is C5H15ClOSi2. The van der Waals surface area contributed by atoms with E-state index in [0.29, 0.717) is 0 Å². The highest BCUT2D eigenvalue weighted by Crippen LogP contribution is 1.93. The fourth-order valence-electron chi connectivity index (χ4n) is 0.516. The molecule has 0 aliphatic carbocycles. The lowest BCUT2D eigenvalue weighted by atomic mass is 10.6. The van der Waals surface area contributed by atoms with Crippen LogP contribution < -0.4 is 0 Å². The van der Waals surface area contributed by atoms with Gasteiger partial charge in [0.25, 0.3) is 0 Å². The quantitative estimate of drug-likeness (QED) is 0.352. The summed E-state index contributed by atoms with van der Waals surface area (Å²) in [5.41, 5.74) is 0. The first kappa shape index (κ1) is 9.68. The molecule has 0 N–H and O–H groups in total. The summed E-state index contributed by atoms with van der Waals surface area (Å²) in [4.78, 5) is 0. The summed E-state index contributed by atoms with van der Waals surface area (Å²) < 4.78 is 5.56. The van der Waals surface area contributed by atoms with Crippen molar-refractivity contribution in [1.82, 2.24) is 0 Å². The van der Waals surface area contributed by atoms with Gasteiger partial charge in [0.15, 0.2) is 9.04 Å². The Bertz CT molecular complexity index is 60.9. The van der Waals surface area contributed by atoms with Crippen molar-refractivity contribution in [1.29, 1.82) is 0 Å². The van der Waals surface area contributed by atoms with Crippen molar-refractivity contribution < 1.29 is 4.12 Å². The van der Waals surface area contributed by atoms with E-state index in [1.54, 1.807) is 0 Å². The summed E-state index contributed by atoms with van der Waals surface area (Å²) in [5, 5.41) is 0. The number of alkyl halides is 1. The summed E-state index contributed by atoms with van der Waals surface area (Å²) in [6, 6.07) is 1.26. The summed E-state index contributed by atoms with van der Waals surface area (Å²) in [6.07, 6.45) is 1.15. The first-order valence-corrected chi connectivity index (χ1v) is 8.34. The molecule has 0 fully saturated rings. The zero-order chi connectivity index (χ0) is 7.11. The topological polar surface area (TPSA) is 9.23 Å². The average Bonchev–Trinajstić information content (AvgIpc) is 1.80. The molecule has 0 saturated heterocycles. The van der Waals surface area contributed by atoms with E-state index >= 15 is 0 Å². The van der Waals surface area contributed by atoms with E-state index in [-0.39, 0.29) is 9.76 Å². The van der Waals surface area contributed by atoms with Gasteiger partial charge in [-0.3, -0.25) is 0 Å². The molecule has 0 aliphatic heterocycles. The molecule has 0 aliphatic rings. The Hall–Kier alpha value is 0.684. The third kappa shape index (κ3) is 8.68. The molecule has 0 aromatic rings. The van der Waals surface area contributed by atoms with Crippen molar-refractivity contribution in [3.8, 4) is 0 Å². The molecule has 0 spiro atoms. The Labute approximate surface area is 66.4 Å². The van der Waals surface area contributed by atoms with Crippen molar-refractivity contribution in [2.75, 3.05) is 5.88 Å². The molecule has 9 heavy (non-hydrogen) atoms. The molecule has 0 radical (unpaired) electrons. The first-order chi connectivity index (χ1) is 4.27. The van der Waals surface area contributed by atoms with E-state index in [9.17, 15) is 0 Å². The van der Waals surface area contributed by atoms with E-state index in [1.165, 1.54) is 6.04 Å². The average molecular weight is 183 g/mol. The molecule has 0 bridgehead atoms. The molecule has 0 aromatic heterocycles. The van der Waals surface area contributed by atoms with E-state index in [0.717, 1.165) is 12.3 Å². The molecule has 0 heterocycles. The summed E-state index contributed by atoms with van der Waals surface area (Å²) in [5.74, 6) is 0.802. The van der Waals surface area contributed by atoms with Crippen LogP contribution >= 0.6 is 11.6 Å². The molecule has 0 unspecified atom stereocenters. The summed E-state index contributed by atoms with van der Waals surface area (Å²) in [6.45, 7) is 4.43. The lowest BCUT2D eigenvalue weighted by molar-refractivity contribution is 0.618. The maximum Gasteiger partial charge on any atom is 0.156 e. The third-order valence-corrected chi connectivity index (χ3v) is 5.64. The predicted molar refractivity (Wildman–Crippen MR) is 48.7 cm³/mol. The minimum absolute atomic E-state index is 0.170. The largest absolute Gasteiger partial charge is 0.463 e. The zero-order valence-electron chi connectivity index (χ0n) is 6.19. The molecule has 0 atom stereocenters. The normalized spacial score (nSPS) is 12.0. The molecule has 0 rings (SSSR count). The smallest absolute Gasteiger partial charge is 0.156 e. The van der Waals surface area contributed by atoms with Crippen molar-refractivity contribution in [2.24, 2.45) is 0 Å². The molecular weight excluding hydrogens is 168 g/mol. The molecule has 4 heteroatoms. The number of halogens is 1. The lowest BCUT2D eigenvalue weighted by Crippen LogP contribution is -2.11. The van der Waals surface area contributed by atoms with Crippen LogP contribution in [0.2, 0.25) is 19.1 Å². The Balaban J connectivity index is 2.75. The standard InChI is InChI=1S/C5H15ClOSi2/c1-9(2)7-8-5-3-4-6/h9H,3-5,8H2,1-2H3. The van der Waals surface area contributed by atoms with Crippen molar-refractivity contribution in [2.45, 2.75) is 25.6 Å². The van der Waals surface area contributed by atoms with Crippen LogP contribution in [0.1, 0.15) is 6.42 Å². The van der Waals surface area contributed by atoms with Gasteiger partial charge in [-0.2, -0.15) is 0 Å². The van der Waals surface area contributed by atoms with Crippen LogP contribution in [-0.2, 0) is 4.12 Å². The lowest BCUT2D eigenvalue weighted by Gasteiger charge is -2.03. The molecule has 0 saturated carbocycles. The van der Waals surface area contributed by atoms with Crippen molar-refractivity contribution in [3.05, 3.63) is 0 Å². The predicted octanol–water partition coefficient (Wildman–Crippen LogP) is 1.12. The van der Waals surface area contributed by atoms with Crippen LogP contribution in [0.25, 0.3) is 0 Å². The fraction of sp³-hybridized carbons (Fsp3) is 1.00. The van der Waals surface area contributed by atoms with Crippen LogP contribution in [0.5, 0.6) is 0 Å². The van der Waals surface area contributed by atoms with E-state index in [2.05, 4.69) is 13.1 Å². The summed E-state index contributed by atoms with van der Waals surface area (Å²) in [7, 11) is -0.864. The zero-order valence-corrected chi connectivity index (χ0v) is 9.52. The SMILES string of the molecule is C[SiH](C)O[SiH2]CCCCl. The van der Waals surface area contributed by atoms with Crippen molar-refractivity contribution >= 4 is 30.4 Å². The van der Waals surface area contributed by atoms with Crippen LogP contribution in [0.15, 0.2) is 0 Å². The minimum Gasteiger partial charge on any atom is -0.463 e. The Morgan fingerprint density at radius 2 is 2.22 bits per heavy atom. The molecule has 0 aromatic carbocycles. The monoisotopic (exact) mass is 182 g/mol. The van der Waals surface area contributed by atoms with Crippen molar-refractivity contribution in [3.63, 3.8) is 0 Å². The second kappa shape index (κ2) is 6.80. The third-order valence-electron chi connectivity index (χ3n) is 0.979. The van der Waals surface area contributed by atoms with Gasteiger partial charge in [-0.15, -0.1) is 11.6 Å². The van der Waals surface area contributed by atoms with E-state index < -0.39 is 9.04 Å². The molecule has 56 valence electrons. The van der Waals surface area contributed by atoms with Gasteiger partial charge in [-0.25, -0.2) is 0 Å². The Morgan fingerprint density at radius 3 is 2.67 bits per heavy atom. The highest BCUT2D eigenvalue weighted by atomic mass is 35.5. The van der Waals surface area contributed by atoms with Crippen LogP contribution in [0.4, 0.5) is 0 Å².